The van der Waals surface area contributed by atoms with Crippen molar-refractivity contribution >= 4 is 11.6 Å². The molecular formula is C12H12N4O3. The number of nitrogens with zero attached hydrogens (tertiary/aromatic N) is 2. The zero-order chi connectivity index (χ0) is 13.8. The first-order valence-corrected chi connectivity index (χ1v) is 5.63. The summed E-state index contributed by atoms with van der Waals surface area (Å²) in [6, 6.07) is 9.07. The molecule has 19 heavy (non-hydrogen) atoms. The molecule has 2 aromatic rings. The van der Waals surface area contributed by atoms with Crippen molar-refractivity contribution in [3.8, 4) is 0 Å². The molecule has 1 atom stereocenters. The highest BCUT2D eigenvalue weighted by atomic mass is 16.6. The standard InChI is InChI=1S/C12H12N4O3/c1-8(9-5-3-2-4-6-9)14-12(17)11-10(16(18)19)7-13-15-11/h2-8H,1H3,(H,13,15)(H,14,17). The average Bonchev–Trinajstić information content (AvgIpc) is 2.89. The Morgan fingerprint density at radius 3 is 2.74 bits per heavy atom. The van der Waals surface area contributed by atoms with E-state index in [-0.39, 0.29) is 17.4 Å². The molecule has 0 radical (unpaired) electrons. The first kappa shape index (κ1) is 12.7. The number of H-pyrrole nitrogens is 1. The third-order valence-electron chi connectivity index (χ3n) is 2.69. The average molecular weight is 260 g/mol. The fourth-order valence-electron chi connectivity index (χ4n) is 1.68. The lowest BCUT2D eigenvalue weighted by molar-refractivity contribution is -0.385. The van der Waals surface area contributed by atoms with Gasteiger partial charge in [-0.3, -0.25) is 20.0 Å². The molecule has 0 saturated heterocycles. The summed E-state index contributed by atoms with van der Waals surface area (Å²) in [6.45, 7) is 1.80. The summed E-state index contributed by atoms with van der Waals surface area (Å²) in [5.74, 6) is -0.555. The number of aromatic nitrogens is 2. The fourth-order valence-corrected chi connectivity index (χ4v) is 1.68. The van der Waals surface area contributed by atoms with E-state index in [4.69, 9.17) is 0 Å². The van der Waals surface area contributed by atoms with E-state index in [9.17, 15) is 14.9 Å². The van der Waals surface area contributed by atoms with Crippen molar-refractivity contribution in [2.75, 3.05) is 0 Å². The topological polar surface area (TPSA) is 101 Å². The van der Waals surface area contributed by atoms with Gasteiger partial charge < -0.3 is 5.32 Å². The van der Waals surface area contributed by atoms with Crippen molar-refractivity contribution in [3.05, 3.63) is 57.9 Å². The smallest absolute Gasteiger partial charge is 0.319 e. The van der Waals surface area contributed by atoms with E-state index in [1.54, 1.807) is 6.92 Å². The van der Waals surface area contributed by atoms with Gasteiger partial charge in [-0.25, -0.2) is 0 Å². The van der Waals surface area contributed by atoms with Crippen LogP contribution in [0.2, 0.25) is 0 Å². The van der Waals surface area contributed by atoms with Crippen molar-refractivity contribution < 1.29 is 9.72 Å². The number of hydrogen-bond donors (Lipinski definition) is 2. The molecule has 7 heteroatoms. The van der Waals surface area contributed by atoms with Crippen molar-refractivity contribution in [1.29, 1.82) is 0 Å². The summed E-state index contributed by atoms with van der Waals surface area (Å²) in [5.41, 5.74) is 0.434. The number of benzene rings is 1. The van der Waals surface area contributed by atoms with Crippen LogP contribution in [-0.4, -0.2) is 21.0 Å². The van der Waals surface area contributed by atoms with Gasteiger partial charge in [0, 0.05) is 0 Å². The summed E-state index contributed by atoms with van der Waals surface area (Å²) >= 11 is 0. The van der Waals surface area contributed by atoms with E-state index in [0.29, 0.717) is 0 Å². The van der Waals surface area contributed by atoms with Gasteiger partial charge in [-0.2, -0.15) is 5.10 Å². The fraction of sp³-hybridized carbons (Fsp3) is 0.167. The molecule has 0 aliphatic heterocycles. The largest absolute Gasteiger partial charge is 0.344 e. The molecule has 2 N–H and O–H groups in total. The minimum atomic E-state index is -0.647. The van der Waals surface area contributed by atoms with Crippen molar-refractivity contribution in [2.45, 2.75) is 13.0 Å². The Balaban J connectivity index is 2.13. The van der Waals surface area contributed by atoms with Crippen LogP contribution in [0.5, 0.6) is 0 Å². The van der Waals surface area contributed by atoms with E-state index in [2.05, 4.69) is 15.5 Å². The molecule has 1 heterocycles. The molecular weight excluding hydrogens is 248 g/mol. The number of carbonyl (C=O) groups is 1. The second-order valence-corrected chi connectivity index (χ2v) is 3.99. The quantitative estimate of drug-likeness (QED) is 0.646. The molecule has 1 aromatic carbocycles. The number of hydrogen-bond acceptors (Lipinski definition) is 4. The van der Waals surface area contributed by atoms with Gasteiger partial charge in [0.1, 0.15) is 6.20 Å². The maximum Gasteiger partial charge on any atom is 0.319 e. The predicted molar refractivity (Wildman–Crippen MR) is 67.6 cm³/mol. The summed E-state index contributed by atoms with van der Waals surface area (Å²) < 4.78 is 0. The molecule has 0 aliphatic rings. The van der Waals surface area contributed by atoms with Crippen LogP contribution >= 0.6 is 0 Å². The van der Waals surface area contributed by atoms with Crippen LogP contribution < -0.4 is 5.32 Å². The van der Waals surface area contributed by atoms with Crippen LogP contribution in [0.3, 0.4) is 0 Å². The van der Waals surface area contributed by atoms with Gasteiger partial charge >= 0.3 is 5.69 Å². The van der Waals surface area contributed by atoms with Gasteiger partial charge in [0.25, 0.3) is 5.91 Å². The molecule has 98 valence electrons. The lowest BCUT2D eigenvalue weighted by Crippen LogP contribution is -2.27. The van der Waals surface area contributed by atoms with Gasteiger partial charge in [-0.15, -0.1) is 0 Å². The highest BCUT2D eigenvalue weighted by molar-refractivity contribution is 5.96. The number of aromatic amines is 1. The van der Waals surface area contributed by atoms with Crippen molar-refractivity contribution in [3.63, 3.8) is 0 Å². The molecule has 0 fully saturated rings. The zero-order valence-electron chi connectivity index (χ0n) is 10.2. The third kappa shape index (κ3) is 2.76. The van der Waals surface area contributed by atoms with Crippen LogP contribution in [0.1, 0.15) is 29.0 Å². The molecule has 1 amide bonds. The summed E-state index contributed by atoms with van der Waals surface area (Å²) in [6.07, 6.45) is 1.02. The number of rotatable bonds is 4. The highest BCUT2D eigenvalue weighted by Gasteiger charge is 2.23. The lowest BCUT2D eigenvalue weighted by atomic mass is 10.1. The minimum Gasteiger partial charge on any atom is -0.344 e. The number of nitrogens with one attached hydrogen (secondary N) is 2. The van der Waals surface area contributed by atoms with Gasteiger partial charge in [0.05, 0.1) is 11.0 Å². The van der Waals surface area contributed by atoms with Gasteiger partial charge in [0.15, 0.2) is 0 Å². The van der Waals surface area contributed by atoms with E-state index in [1.807, 2.05) is 30.3 Å². The third-order valence-corrected chi connectivity index (χ3v) is 2.69. The van der Waals surface area contributed by atoms with E-state index >= 15 is 0 Å². The molecule has 0 bridgehead atoms. The first-order valence-electron chi connectivity index (χ1n) is 5.63. The SMILES string of the molecule is CC(NC(=O)c1[nH]ncc1[N+](=O)[O-])c1ccccc1. The predicted octanol–water partition coefficient (Wildman–Crippen LogP) is 1.81. The van der Waals surface area contributed by atoms with E-state index in [0.717, 1.165) is 11.8 Å². The maximum absolute atomic E-state index is 11.9. The molecule has 0 saturated carbocycles. The second kappa shape index (κ2) is 5.30. The highest BCUT2D eigenvalue weighted by Crippen LogP contribution is 2.17. The molecule has 1 unspecified atom stereocenters. The first-order chi connectivity index (χ1) is 9.09. The van der Waals surface area contributed by atoms with Gasteiger partial charge in [-0.1, -0.05) is 30.3 Å². The van der Waals surface area contributed by atoms with Crippen LogP contribution in [0.4, 0.5) is 5.69 Å². The van der Waals surface area contributed by atoms with Crippen molar-refractivity contribution in [2.24, 2.45) is 0 Å². The molecule has 7 nitrogen and oxygen atoms in total. The Morgan fingerprint density at radius 2 is 2.11 bits per heavy atom. The van der Waals surface area contributed by atoms with Crippen LogP contribution in [0, 0.1) is 10.1 Å². The number of nitro groups is 1. The monoisotopic (exact) mass is 260 g/mol. The Hall–Kier alpha value is -2.70. The minimum absolute atomic E-state index is 0.146. The van der Waals surface area contributed by atoms with E-state index < -0.39 is 10.8 Å². The Kier molecular flexibility index (Phi) is 3.56. The van der Waals surface area contributed by atoms with E-state index in [1.165, 1.54) is 0 Å². The van der Waals surface area contributed by atoms with Crippen LogP contribution in [0.25, 0.3) is 0 Å². The normalized spacial score (nSPS) is 11.8. The van der Waals surface area contributed by atoms with Crippen LogP contribution in [0.15, 0.2) is 36.5 Å². The summed E-state index contributed by atoms with van der Waals surface area (Å²) in [7, 11) is 0. The maximum atomic E-state index is 11.9. The molecule has 0 aliphatic carbocycles. The number of amides is 1. The number of carbonyl (C=O) groups excluding carboxylic acids is 1. The summed E-state index contributed by atoms with van der Waals surface area (Å²) in [5, 5.41) is 19.2. The molecule has 1 aromatic heterocycles. The second-order valence-electron chi connectivity index (χ2n) is 3.99. The Bertz CT molecular complexity index is 594. The van der Waals surface area contributed by atoms with Gasteiger partial charge in [-0.05, 0) is 12.5 Å². The Morgan fingerprint density at radius 1 is 1.42 bits per heavy atom. The molecule has 2 rings (SSSR count). The van der Waals surface area contributed by atoms with Crippen LogP contribution in [-0.2, 0) is 0 Å². The van der Waals surface area contributed by atoms with Crippen molar-refractivity contribution in [1.82, 2.24) is 15.5 Å². The summed E-state index contributed by atoms with van der Waals surface area (Å²) in [4.78, 5) is 22.0. The van der Waals surface area contributed by atoms with Gasteiger partial charge in [0.2, 0.25) is 5.69 Å². The molecule has 0 spiro atoms. The zero-order valence-corrected chi connectivity index (χ0v) is 10.2. The Labute approximate surface area is 108 Å². The lowest BCUT2D eigenvalue weighted by Gasteiger charge is -2.13.